The second-order valence-electron chi connectivity index (χ2n) is 4.15. The van der Waals surface area contributed by atoms with Crippen molar-refractivity contribution in [2.75, 3.05) is 20.1 Å². The van der Waals surface area contributed by atoms with Crippen molar-refractivity contribution in [1.82, 2.24) is 19.8 Å². The summed E-state index contributed by atoms with van der Waals surface area (Å²) in [5.41, 5.74) is 1.10. The first-order chi connectivity index (χ1) is 7.36. The number of aromatic nitrogens is 2. The molecule has 1 aliphatic heterocycles. The highest BCUT2D eigenvalue weighted by Gasteiger charge is 2.17. The molecule has 0 aromatic carbocycles. The van der Waals surface area contributed by atoms with Gasteiger partial charge in [0.15, 0.2) is 0 Å². The van der Waals surface area contributed by atoms with Crippen LogP contribution in [0.15, 0.2) is 5.38 Å². The second kappa shape index (κ2) is 7.17. The number of hydrogen-bond donors (Lipinski definition) is 1. The number of nitrogens with zero attached hydrogens (tertiary/aromatic N) is 3. The summed E-state index contributed by atoms with van der Waals surface area (Å²) in [4.78, 5) is 2.41. The quantitative estimate of drug-likeness (QED) is 0.897. The van der Waals surface area contributed by atoms with E-state index in [1.807, 2.05) is 5.38 Å². The van der Waals surface area contributed by atoms with E-state index in [0.717, 1.165) is 18.8 Å². The summed E-state index contributed by atoms with van der Waals surface area (Å²) in [6, 6.07) is 0.696. The Morgan fingerprint density at radius 3 is 3.12 bits per heavy atom. The third-order valence-electron chi connectivity index (χ3n) is 2.99. The van der Waals surface area contributed by atoms with Crippen LogP contribution >= 0.6 is 23.9 Å². The standard InChI is InChI=1S/C10H18N4S.ClH/c1-14(7-9-8-15-13-12-9)10-3-2-5-11-6-4-10;/h8,10-11H,2-7H2,1H3;1H. The molecule has 1 saturated heterocycles. The highest BCUT2D eigenvalue weighted by atomic mass is 35.5. The van der Waals surface area contributed by atoms with E-state index in [2.05, 4.69) is 26.9 Å². The molecule has 0 amide bonds. The summed E-state index contributed by atoms with van der Waals surface area (Å²) in [6.07, 6.45) is 3.82. The molecule has 0 aliphatic carbocycles. The third kappa shape index (κ3) is 3.97. The molecular formula is C10H19ClN4S. The van der Waals surface area contributed by atoms with E-state index < -0.39 is 0 Å². The fourth-order valence-corrected chi connectivity index (χ4v) is 2.52. The number of rotatable bonds is 3. The van der Waals surface area contributed by atoms with Crippen LogP contribution in [0.5, 0.6) is 0 Å². The fourth-order valence-electron chi connectivity index (χ4n) is 2.08. The summed E-state index contributed by atoms with van der Waals surface area (Å²) in [5.74, 6) is 0. The van der Waals surface area contributed by atoms with Gasteiger partial charge < -0.3 is 5.32 Å². The zero-order chi connectivity index (χ0) is 10.5. The molecule has 0 spiro atoms. The molecule has 6 heteroatoms. The molecule has 1 fully saturated rings. The van der Waals surface area contributed by atoms with Crippen LogP contribution in [-0.2, 0) is 6.54 Å². The van der Waals surface area contributed by atoms with Crippen molar-refractivity contribution in [3.63, 3.8) is 0 Å². The minimum absolute atomic E-state index is 0. The van der Waals surface area contributed by atoms with Crippen molar-refractivity contribution in [3.8, 4) is 0 Å². The molecule has 1 unspecified atom stereocenters. The molecule has 2 heterocycles. The van der Waals surface area contributed by atoms with Crippen molar-refractivity contribution in [1.29, 1.82) is 0 Å². The van der Waals surface area contributed by atoms with Crippen LogP contribution < -0.4 is 5.32 Å². The van der Waals surface area contributed by atoms with Crippen molar-refractivity contribution in [2.45, 2.75) is 31.8 Å². The first kappa shape index (κ1) is 13.8. The van der Waals surface area contributed by atoms with Gasteiger partial charge in [0.1, 0.15) is 0 Å². The fraction of sp³-hybridized carbons (Fsp3) is 0.800. The minimum atomic E-state index is 0. The van der Waals surface area contributed by atoms with E-state index in [1.165, 1.54) is 37.3 Å². The SMILES string of the molecule is CN(Cc1csnn1)C1CCCNCC1.Cl. The van der Waals surface area contributed by atoms with Gasteiger partial charge in [-0.15, -0.1) is 17.5 Å². The third-order valence-corrected chi connectivity index (χ3v) is 3.54. The van der Waals surface area contributed by atoms with Gasteiger partial charge >= 0.3 is 0 Å². The lowest BCUT2D eigenvalue weighted by atomic mass is 10.1. The molecule has 0 saturated carbocycles. The summed E-state index contributed by atoms with van der Waals surface area (Å²) < 4.78 is 3.89. The maximum atomic E-state index is 4.09. The van der Waals surface area contributed by atoms with Gasteiger partial charge in [-0.25, -0.2) is 0 Å². The van der Waals surface area contributed by atoms with Crippen molar-refractivity contribution in [2.24, 2.45) is 0 Å². The van der Waals surface area contributed by atoms with Gasteiger partial charge in [0.2, 0.25) is 0 Å². The first-order valence-electron chi connectivity index (χ1n) is 5.53. The molecular weight excluding hydrogens is 244 g/mol. The second-order valence-corrected chi connectivity index (χ2v) is 4.76. The topological polar surface area (TPSA) is 41.1 Å². The Labute approximate surface area is 107 Å². The van der Waals surface area contributed by atoms with Gasteiger partial charge in [-0.1, -0.05) is 4.49 Å². The Balaban J connectivity index is 0.00000128. The Morgan fingerprint density at radius 1 is 1.50 bits per heavy atom. The molecule has 2 rings (SSSR count). The van der Waals surface area contributed by atoms with Crippen LogP contribution in [0.25, 0.3) is 0 Å². The Hall–Kier alpha value is -0.230. The Morgan fingerprint density at radius 2 is 2.38 bits per heavy atom. The predicted molar refractivity (Wildman–Crippen MR) is 69.1 cm³/mol. The van der Waals surface area contributed by atoms with E-state index >= 15 is 0 Å². The number of nitrogens with one attached hydrogen (secondary N) is 1. The average Bonchev–Trinajstić information content (AvgIpc) is 2.58. The maximum absolute atomic E-state index is 4.09. The van der Waals surface area contributed by atoms with Crippen LogP contribution in [0.1, 0.15) is 25.0 Å². The van der Waals surface area contributed by atoms with Crippen molar-refractivity contribution in [3.05, 3.63) is 11.1 Å². The summed E-state index contributed by atoms with van der Waals surface area (Å²) in [5, 5.41) is 9.56. The first-order valence-corrected chi connectivity index (χ1v) is 6.37. The predicted octanol–water partition coefficient (Wildman–Crippen LogP) is 1.53. The van der Waals surface area contributed by atoms with E-state index in [0.29, 0.717) is 6.04 Å². The van der Waals surface area contributed by atoms with E-state index in [1.54, 1.807) is 0 Å². The summed E-state index contributed by atoms with van der Waals surface area (Å²) in [7, 11) is 2.19. The van der Waals surface area contributed by atoms with Crippen LogP contribution in [0.4, 0.5) is 0 Å². The summed E-state index contributed by atoms with van der Waals surface area (Å²) in [6.45, 7) is 3.24. The van der Waals surface area contributed by atoms with Gasteiger partial charge in [0.05, 0.1) is 5.69 Å². The lowest BCUT2D eigenvalue weighted by molar-refractivity contribution is 0.214. The molecule has 0 radical (unpaired) electrons. The monoisotopic (exact) mass is 262 g/mol. The molecule has 1 aromatic heterocycles. The Bertz CT molecular complexity index is 272. The van der Waals surface area contributed by atoms with Crippen LogP contribution in [0, 0.1) is 0 Å². The Kier molecular flexibility index (Phi) is 6.20. The molecule has 92 valence electrons. The minimum Gasteiger partial charge on any atom is -0.317 e. The lowest BCUT2D eigenvalue weighted by Crippen LogP contribution is -2.32. The van der Waals surface area contributed by atoms with Crippen molar-refractivity contribution >= 4 is 23.9 Å². The molecule has 1 aliphatic rings. The van der Waals surface area contributed by atoms with E-state index in [4.69, 9.17) is 0 Å². The highest BCUT2D eigenvalue weighted by Crippen LogP contribution is 2.14. The molecule has 1 N–H and O–H groups in total. The van der Waals surface area contributed by atoms with Gasteiger partial charge in [-0.2, -0.15) is 0 Å². The maximum Gasteiger partial charge on any atom is 0.0895 e. The van der Waals surface area contributed by atoms with Crippen LogP contribution in [0.2, 0.25) is 0 Å². The van der Waals surface area contributed by atoms with Gasteiger partial charge in [-0.3, -0.25) is 4.90 Å². The van der Waals surface area contributed by atoms with Crippen LogP contribution in [-0.4, -0.2) is 40.7 Å². The van der Waals surface area contributed by atoms with Gasteiger partial charge in [-0.05, 0) is 50.9 Å². The van der Waals surface area contributed by atoms with Crippen LogP contribution in [0.3, 0.4) is 0 Å². The molecule has 0 bridgehead atoms. The average molecular weight is 263 g/mol. The lowest BCUT2D eigenvalue weighted by Gasteiger charge is -2.25. The van der Waals surface area contributed by atoms with Gasteiger partial charge in [0.25, 0.3) is 0 Å². The molecule has 4 nitrogen and oxygen atoms in total. The molecule has 1 aromatic rings. The smallest absolute Gasteiger partial charge is 0.0895 e. The van der Waals surface area contributed by atoms with E-state index in [-0.39, 0.29) is 12.4 Å². The zero-order valence-corrected chi connectivity index (χ0v) is 11.2. The zero-order valence-electron chi connectivity index (χ0n) is 9.56. The molecule has 16 heavy (non-hydrogen) atoms. The normalized spacial score (nSPS) is 21.5. The summed E-state index contributed by atoms with van der Waals surface area (Å²) >= 11 is 1.43. The number of hydrogen-bond acceptors (Lipinski definition) is 5. The van der Waals surface area contributed by atoms with Crippen molar-refractivity contribution < 1.29 is 0 Å². The largest absolute Gasteiger partial charge is 0.317 e. The van der Waals surface area contributed by atoms with E-state index in [9.17, 15) is 0 Å². The number of halogens is 1. The molecule has 1 atom stereocenters. The highest BCUT2D eigenvalue weighted by molar-refractivity contribution is 7.03. The van der Waals surface area contributed by atoms with Gasteiger partial charge in [0, 0.05) is 18.0 Å².